The molecule has 0 saturated carbocycles. The maximum atomic E-state index is 11.0. The first-order chi connectivity index (χ1) is 5.83. The van der Waals surface area contributed by atoms with Crippen molar-refractivity contribution < 1.29 is 4.79 Å². The van der Waals surface area contributed by atoms with Crippen molar-refractivity contribution in [1.82, 2.24) is 15.5 Å². The standard InChI is InChI=1S/C8H9N3O/c1-2-4-9-8(12)6-7-3-5-10-11-7/h1,3,5H,4,6H2,(H,9,12)(H,10,11). The second-order valence-corrected chi connectivity index (χ2v) is 2.24. The topological polar surface area (TPSA) is 57.8 Å². The average molecular weight is 163 g/mol. The molecule has 1 amide bonds. The number of amides is 1. The van der Waals surface area contributed by atoms with Crippen LogP contribution in [-0.4, -0.2) is 22.6 Å². The molecular formula is C8H9N3O. The molecule has 0 aliphatic heterocycles. The average Bonchev–Trinajstić information content (AvgIpc) is 2.53. The van der Waals surface area contributed by atoms with Crippen LogP contribution >= 0.6 is 0 Å². The van der Waals surface area contributed by atoms with Gasteiger partial charge in [-0.05, 0) is 6.07 Å². The summed E-state index contributed by atoms with van der Waals surface area (Å²) in [6.45, 7) is 0.271. The van der Waals surface area contributed by atoms with E-state index in [9.17, 15) is 4.79 Å². The first-order valence-corrected chi connectivity index (χ1v) is 3.51. The van der Waals surface area contributed by atoms with Crippen LogP contribution in [0.2, 0.25) is 0 Å². The van der Waals surface area contributed by atoms with Crippen LogP contribution in [0.5, 0.6) is 0 Å². The van der Waals surface area contributed by atoms with E-state index in [1.54, 1.807) is 12.3 Å². The molecule has 1 rings (SSSR count). The number of rotatable bonds is 3. The molecule has 0 fully saturated rings. The Morgan fingerprint density at radius 1 is 1.83 bits per heavy atom. The van der Waals surface area contributed by atoms with Crippen molar-refractivity contribution in [2.75, 3.05) is 6.54 Å². The molecule has 4 nitrogen and oxygen atoms in total. The fraction of sp³-hybridized carbons (Fsp3) is 0.250. The van der Waals surface area contributed by atoms with E-state index in [2.05, 4.69) is 21.4 Å². The fourth-order valence-corrected chi connectivity index (χ4v) is 0.768. The lowest BCUT2D eigenvalue weighted by molar-refractivity contribution is -0.120. The quantitative estimate of drug-likeness (QED) is 0.601. The molecule has 0 aliphatic carbocycles. The maximum absolute atomic E-state index is 11.0. The fourth-order valence-electron chi connectivity index (χ4n) is 0.768. The van der Waals surface area contributed by atoms with Crippen molar-refractivity contribution >= 4 is 5.91 Å². The van der Waals surface area contributed by atoms with Crippen LogP contribution in [0, 0.1) is 12.3 Å². The smallest absolute Gasteiger partial charge is 0.226 e. The summed E-state index contributed by atoms with van der Waals surface area (Å²) in [7, 11) is 0. The number of nitrogens with zero attached hydrogens (tertiary/aromatic N) is 1. The van der Waals surface area contributed by atoms with Crippen molar-refractivity contribution in [3.63, 3.8) is 0 Å². The Labute approximate surface area is 70.4 Å². The van der Waals surface area contributed by atoms with Crippen molar-refractivity contribution in [3.05, 3.63) is 18.0 Å². The molecule has 0 saturated heterocycles. The van der Waals surface area contributed by atoms with Gasteiger partial charge in [0, 0.05) is 11.9 Å². The number of aromatic amines is 1. The minimum absolute atomic E-state index is 0.0998. The first-order valence-electron chi connectivity index (χ1n) is 3.51. The Bertz CT molecular complexity index is 284. The Balaban J connectivity index is 2.33. The third-order valence-corrected chi connectivity index (χ3v) is 1.30. The Hall–Kier alpha value is -1.76. The van der Waals surface area contributed by atoms with Gasteiger partial charge in [-0.3, -0.25) is 9.89 Å². The number of nitrogens with one attached hydrogen (secondary N) is 2. The number of carbonyl (C=O) groups excluding carboxylic acids is 1. The zero-order chi connectivity index (χ0) is 8.81. The molecule has 0 unspecified atom stereocenters. The molecule has 4 heteroatoms. The van der Waals surface area contributed by atoms with E-state index >= 15 is 0 Å². The minimum Gasteiger partial charge on any atom is -0.345 e. The van der Waals surface area contributed by atoms with Gasteiger partial charge >= 0.3 is 0 Å². The van der Waals surface area contributed by atoms with Crippen molar-refractivity contribution in [2.24, 2.45) is 0 Å². The normalized spacial score (nSPS) is 8.92. The van der Waals surface area contributed by atoms with E-state index in [0.29, 0.717) is 6.42 Å². The Morgan fingerprint density at radius 2 is 2.67 bits per heavy atom. The number of H-pyrrole nitrogens is 1. The molecular weight excluding hydrogens is 154 g/mol. The molecule has 0 radical (unpaired) electrons. The van der Waals surface area contributed by atoms with E-state index in [-0.39, 0.29) is 12.5 Å². The van der Waals surface area contributed by atoms with Crippen LogP contribution in [0.4, 0.5) is 0 Å². The van der Waals surface area contributed by atoms with Crippen LogP contribution in [0.3, 0.4) is 0 Å². The molecule has 1 aromatic rings. The van der Waals surface area contributed by atoms with Crippen molar-refractivity contribution in [2.45, 2.75) is 6.42 Å². The van der Waals surface area contributed by atoms with Gasteiger partial charge < -0.3 is 5.32 Å². The number of hydrogen-bond acceptors (Lipinski definition) is 2. The summed E-state index contributed by atoms with van der Waals surface area (Å²) in [6.07, 6.45) is 6.86. The second kappa shape index (κ2) is 4.19. The van der Waals surface area contributed by atoms with Crippen molar-refractivity contribution in [1.29, 1.82) is 0 Å². The van der Waals surface area contributed by atoms with Gasteiger partial charge in [0.25, 0.3) is 0 Å². The molecule has 0 aliphatic rings. The highest BCUT2D eigenvalue weighted by Crippen LogP contribution is 1.91. The summed E-state index contributed by atoms with van der Waals surface area (Å²) in [4.78, 5) is 11.0. The van der Waals surface area contributed by atoms with E-state index in [1.807, 2.05) is 0 Å². The van der Waals surface area contributed by atoms with E-state index in [4.69, 9.17) is 6.42 Å². The summed E-state index contributed by atoms with van der Waals surface area (Å²) in [6, 6.07) is 1.75. The van der Waals surface area contributed by atoms with E-state index in [1.165, 1.54) is 0 Å². The Kier molecular flexibility index (Phi) is 2.91. The van der Waals surface area contributed by atoms with Crippen molar-refractivity contribution in [3.8, 4) is 12.3 Å². The maximum Gasteiger partial charge on any atom is 0.226 e. The van der Waals surface area contributed by atoms with Gasteiger partial charge in [-0.2, -0.15) is 5.10 Å². The molecule has 1 heterocycles. The van der Waals surface area contributed by atoms with Gasteiger partial charge in [0.1, 0.15) is 0 Å². The largest absolute Gasteiger partial charge is 0.345 e. The third-order valence-electron chi connectivity index (χ3n) is 1.30. The van der Waals surface area contributed by atoms with Gasteiger partial charge in [-0.25, -0.2) is 0 Å². The number of aromatic nitrogens is 2. The lowest BCUT2D eigenvalue weighted by Gasteiger charge is -1.97. The molecule has 0 bridgehead atoms. The summed E-state index contributed by atoms with van der Waals surface area (Å²) >= 11 is 0. The second-order valence-electron chi connectivity index (χ2n) is 2.24. The zero-order valence-electron chi connectivity index (χ0n) is 6.50. The molecule has 2 N–H and O–H groups in total. The first kappa shape index (κ1) is 8.34. The summed E-state index contributed by atoms with van der Waals surface area (Å²) in [5.74, 6) is 2.22. The zero-order valence-corrected chi connectivity index (χ0v) is 6.50. The number of carbonyl (C=O) groups is 1. The van der Waals surface area contributed by atoms with Gasteiger partial charge in [0.05, 0.1) is 13.0 Å². The number of terminal acetylenes is 1. The van der Waals surface area contributed by atoms with Crippen LogP contribution in [-0.2, 0) is 11.2 Å². The number of hydrogen-bond donors (Lipinski definition) is 2. The summed E-state index contributed by atoms with van der Waals surface area (Å²) in [5.41, 5.74) is 0.782. The third kappa shape index (κ3) is 2.46. The lowest BCUT2D eigenvalue weighted by Crippen LogP contribution is -2.25. The molecule has 0 atom stereocenters. The van der Waals surface area contributed by atoms with Crippen LogP contribution in [0.15, 0.2) is 12.3 Å². The van der Waals surface area contributed by atoms with Crippen LogP contribution in [0.25, 0.3) is 0 Å². The van der Waals surface area contributed by atoms with E-state index < -0.39 is 0 Å². The lowest BCUT2D eigenvalue weighted by atomic mass is 10.3. The van der Waals surface area contributed by atoms with E-state index in [0.717, 1.165) is 5.69 Å². The molecule has 12 heavy (non-hydrogen) atoms. The molecule has 0 aromatic carbocycles. The monoisotopic (exact) mass is 163 g/mol. The Morgan fingerprint density at radius 3 is 3.25 bits per heavy atom. The summed E-state index contributed by atoms with van der Waals surface area (Å²) in [5, 5.41) is 8.94. The molecule has 1 aromatic heterocycles. The predicted molar refractivity (Wildman–Crippen MR) is 44.1 cm³/mol. The highest BCUT2D eigenvalue weighted by Gasteiger charge is 2.01. The van der Waals surface area contributed by atoms with Crippen LogP contribution < -0.4 is 5.32 Å². The van der Waals surface area contributed by atoms with Gasteiger partial charge in [0.2, 0.25) is 5.91 Å². The predicted octanol–water partition coefficient (Wildman–Crippen LogP) is -0.298. The highest BCUT2D eigenvalue weighted by atomic mass is 16.1. The van der Waals surface area contributed by atoms with Gasteiger partial charge in [0.15, 0.2) is 0 Å². The highest BCUT2D eigenvalue weighted by molar-refractivity contribution is 5.78. The van der Waals surface area contributed by atoms with Gasteiger partial charge in [-0.1, -0.05) is 5.92 Å². The van der Waals surface area contributed by atoms with Gasteiger partial charge in [-0.15, -0.1) is 6.42 Å². The minimum atomic E-state index is -0.0998. The molecule has 62 valence electrons. The SMILES string of the molecule is C#CCNC(=O)Cc1ccn[nH]1. The molecule has 0 spiro atoms. The summed E-state index contributed by atoms with van der Waals surface area (Å²) < 4.78 is 0. The van der Waals surface area contributed by atoms with Crippen LogP contribution in [0.1, 0.15) is 5.69 Å².